The van der Waals surface area contributed by atoms with Crippen molar-refractivity contribution < 1.29 is 0 Å². The third-order valence-corrected chi connectivity index (χ3v) is 23.0. The van der Waals surface area contributed by atoms with Crippen molar-refractivity contribution in [2.75, 3.05) is 0 Å². The first-order chi connectivity index (χ1) is 47.6. The van der Waals surface area contributed by atoms with Crippen LogP contribution in [0.25, 0.3) is 38.4 Å². The maximum atomic E-state index is 4.61. The second kappa shape index (κ2) is 22.5. The lowest BCUT2D eigenvalue weighted by molar-refractivity contribution is 0.472. The molecule has 0 heteroatoms. The molecule has 478 valence electrons. The van der Waals surface area contributed by atoms with Gasteiger partial charge in [-0.2, -0.15) is 0 Å². The van der Waals surface area contributed by atoms with E-state index in [1.807, 2.05) is 0 Å². The molecule has 0 spiro atoms. The predicted molar refractivity (Wildman–Crippen MR) is 415 cm³/mol. The number of aryl methyl sites for hydroxylation is 6. The van der Waals surface area contributed by atoms with Gasteiger partial charge in [0, 0.05) is 64.2 Å². The highest BCUT2D eigenvalue weighted by atomic mass is 14.5. The smallest absolute Gasteiger partial charge is 0.106 e. The zero-order valence-electron chi connectivity index (χ0n) is 59.7. The molecule has 0 fully saturated rings. The third kappa shape index (κ3) is 9.33. The van der Waals surface area contributed by atoms with E-state index in [1.165, 1.54) is 161 Å². The molecule has 8 aliphatic carbocycles. The average molecular weight is 1270 g/mol. The summed E-state index contributed by atoms with van der Waals surface area (Å²) in [5, 5.41) is 6.79. The van der Waals surface area contributed by atoms with Gasteiger partial charge in [-0.1, -0.05) is 244 Å². The molecule has 0 amide bonds. The van der Waals surface area contributed by atoms with Crippen LogP contribution in [0, 0.1) is 82.0 Å². The van der Waals surface area contributed by atoms with Crippen LogP contribution >= 0.6 is 0 Å². The van der Waals surface area contributed by atoms with E-state index in [9.17, 15) is 0 Å². The van der Waals surface area contributed by atoms with Crippen molar-refractivity contribution in [1.29, 1.82) is 0 Å². The van der Waals surface area contributed by atoms with E-state index >= 15 is 0 Å². The van der Waals surface area contributed by atoms with Crippen LogP contribution in [0.3, 0.4) is 0 Å². The second-order valence-corrected chi connectivity index (χ2v) is 31.4. The molecule has 19 rings (SSSR count). The molecule has 1 unspecified atom stereocenters. The lowest BCUT2D eigenvalue weighted by atomic mass is 9.53. The summed E-state index contributed by atoms with van der Waals surface area (Å²) in [5.74, 6) is 17.9. The first kappa shape index (κ1) is 62.0. The van der Waals surface area contributed by atoms with Crippen LogP contribution in [0.4, 0.5) is 0 Å². The summed E-state index contributed by atoms with van der Waals surface area (Å²) in [7, 11) is 0. The SMILES string of the molecule is CC1=C[C+](C(C)(C)C)C=C(C)C1=c1c2ccc(C#CC34c5ccccc5C(c5ccccc53)c3ccccc34)cc2c(=C=C2C(c3c(C)cc(C)cc3C)=CC(C(C)(C)C)=CC2c2c(C)cc(C)cc2C)c2cc(C#CC34c5ccccc5C(c5ccccc53)c3ccccc34)ccc12. The van der Waals surface area contributed by atoms with Gasteiger partial charge in [-0.05, 0) is 231 Å². The maximum absolute atomic E-state index is 4.61. The first-order valence-corrected chi connectivity index (χ1v) is 35.7. The Labute approximate surface area is 586 Å². The Kier molecular flexibility index (Phi) is 14.1. The second-order valence-electron chi connectivity index (χ2n) is 31.4. The fourth-order valence-electron chi connectivity index (χ4n) is 18.9. The van der Waals surface area contributed by atoms with Gasteiger partial charge in [0.05, 0.1) is 34.8 Å². The van der Waals surface area contributed by atoms with E-state index in [4.69, 9.17) is 0 Å². The van der Waals surface area contributed by atoms with Crippen LogP contribution in [0.5, 0.6) is 0 Å². The van der Waals surface area contributed by atoms with Crippen molar-refractivity contribution in [3.05, 3.63) is 392 Å². The molecular weight excluding hydrogens is 1190 g/mol. The molecule has 11 aromatic carbocycles. The van der Waals surface area contributed by atoms with Gasteiger partial charge in [0.1, 0.15) is 10.8 Å². The van der Waals surface area contributed by atoms with Crippen molar-refractivity contribution >= 4 is 38.4 Å². The summed E-state index contributed by atoms with van der Waals surface area (Å²) in [5.41, 5.74) is 38.2. The van der Waals surface area contributed by atoms with Crippen molar-refractivity contribution in [2.45, 2.75) is 126 Å². The Morgan fingerprint density at radius 1 is 0.404 bits per heavy atom. The summed E-state index contributed by atoms with van der Waals surface area (Å²) < 4.78 is 0. The Bertz CT molecular complexity index is 5330. The minimum absolute atomic E-state index is 0.0487. The highest BCUT2D eigenvalue weighted by Crippen LogP contribution is 2.61. The van der Waals surface area contributed by atoms with Crippen molar-refractivity contribution in [3.8, 4) is 23.7 Å². The number of benzene rings is 11. The molecule has 0 radical (unpaired) electrons. The topological polar surface area (TPSA) is 0 Å². The van der Waals surface area contributed by atoms with E-state index in [0.717, 1.165) is 32.7 Å². The highest BCUT2D eigenvalue weighted by molar-refractivity contribution is 6.06. The molecular formula is C99H83+. The maximum Gasteiger partial charge on any atom is 0.107 e. The van der Waals surface area contributed by atoms with Gasteiger partial charge in [-0.15, -0.1) is 5.73 Å². The number of allylic oxidation sites excluding steroid dienone is 9. The van der Waals surface area contributed by atoms with Gasteiger partial charge < -0.3 is 0 Å². The molecule has 0 nitrogen and oxygen atoms in total. The number of hydrogen-bond acceptors (Lipinski definition) is 0. The first-order valence-electron chi connectivity index (χ1n) is 35.7. The third-order valence-electron chi connectivity index (χ3n) is 23.0. The van der Waals surface area contributed by atoms with E-state index in [2.05, 4.69) is 357 Å². The van der Waals surface area contributed by atoms with Crippen LogP contribution in [-0.2, 0) is 10.8 Å². The van der Waals surface area contributed by atoms with Gasteiger partial charge in [-0.3, -0.25) is 0 Å². The summed E-state index contributed by atoms with van der Waals surface area (Å²) >= 11 is 0. The molecule has 4 bridgehead atoms. The molecule has 0 N–H and O–H groups in total. The van der Waals surface area contributed by atoms with Gasteiger partial charge in [-0.25, -0.2) is 0 Å². The van der Waals surface area contributed by atoms with Crippen molar-refractivity contribution in [2.24, 2.45) is 10.8 Å². The lowest BCUT2D eigenvalue weighted by Gasteiger charge is -2.48. The van der Waals surface area contributed by atoms with Crippen molar-refractivity contribution in [1.82, 2.24) is 0 Å². The Morgan fingerprint density at radius 2 is 0.768 bits per heavy atom. The minimum atomic E-state index is -0.701. The molecule has 0 aliphatic heterocycles. The molecule has 8 aliphatic rings. The molecule has 0 aromatic heterocycles. The van der Waals surface area contributed by atoms with E-state index in [-0.39, 0.29) is 28.6 Å². The Morgan fingerprint density at radius 3 is 1.13 bits per heavy atom. The molecule has 11 aromatic rings. The monoisotopic (exact) mass is 1270 g/mol. The van der Waals surface area contributed by atoms with Crippen LogP contribution in [0.1, 0.15) is 196 Å². The van der Waals surface area contributed by atoms with Gasteiger partial charge in [0.15, 0.2) is 0 Å². The highest BCUT2D eigenvalue weighted by Gasteiger charge is 2.52. The molecule has 0 saturated heterocycles. The molecule has 0 saturated carbocycles. The van der Waals surface area contributed by atoms with Crippen LogP contribution in [-0.4, -0.2) is 0 Å². The van der Waals surface area contributed by atoms with E-state index in [0.29, 0.717) is 0 Å². The largest absolute Gasteiger partial charge is 0.107 e. The summed E-state index contributed by atoms with van der Waals surface area (Å²) in [4.78, 5) is 0. The number of rotatable bonds is 2. The summed E-state index contributed by atoms with van der Waals surface area (Å²) in [6, 6.07) is 78.4. The van der Waals surface area contributed by atoms with Crippen LogP contribution in [0.15, 0.2) is 253 Å². The Balaban J connectivity index is 1.05. The zero-order chi connectivity index (χ0) is 68.3. The predicted octanol–water partition coefficient (Wildman–Crippen LogP) is 22.1. The Hall–Kier alpha value is -10.6. The molecule has 0 heterocycles. The fraction of sp³-hybridized carbons (Fsp3) is 0.212. The fourth-order valence-corrected chi connectivity index (χ4v) is 18.9. The van der Waals surface area contributed by atoms with Gasteiger partial charge >= 0.3 is 0 Å². The van der Waals surface area contributed by atoms with Gasteiger partial charge in [0.25, 0.3) is 0 Å². The zero-order valence-corrected chi connectivity index (χ0v) is 59.7. The quantitative estimate of drug-likeness (QED) is 0.0919. The minimum Gasteiger partial charge on any atom is -0.106 e. The number of hydrogen-bond donors (Lipinski definition) is 0. The molecule has 99 heavy (non-hydrogen) atoms. The normalized spacial score (nSPS) is 19.8. The van der Waals surface area contributed by atoms with Gasteiger partial charge in [0.2, 0.25) is 0 Å². The van der Waals surface area contributed by atoms with E-state index < -0.39 is 10.8 Å². The summed E-state index contributed by atoms with van der Waals surface area (Å²) in [6.07, 6.45) is 10.00. The average Bonchev–Trinajstić information content (AvgIpc) is 0.687. The van der Waals surface area contributed by atoms with Crippen LogP contribution < -0.4 is 10.4 Å². The number of fused-ring (bicyclic) bond motifs is 2. The van der Waals surface area contributed by atoms with Crippen LogP contribution in [0.2, 0.25) is 0 Å². The summed E-state index contributed by atoms with van der Waals surface area (Å²) in [6.45, 7) is 32.5. The lowest BCUT2D eigenvalue weighted by Crippen LogP contribution is -2.41. The molecule has 1 atom stereocenters. The van der Waals surface area contributed by atoms with Crippen molar-refractivity contribution in [3.63, 3.8) is 0 Å². The standard InChI is InChI=1S/C99H83/c1-58-47-60(3)90(61(4)48-58)82-55-69(97(12,13)14)56-83(91-62(5)49-59(2)50-63(91)6)81(82)57-80-78-53-66(43-45-98-84-33-21-15-27-72(84)93(73-28-16-22-34-85(73)98)74-29-17-23-35-86(74)98)39-41-70(78)95(92-64(7)51-68(52-65(92)8)96(9,10)11)71-42-40-67(54-79(71)80)44-46-99-87-36-24-18-30-75(87)94(76-31-19-25-37-88(76)99)77-32-20-26-38-89(77)99/h15-42,47-56,82,93-94H,1-14H3/q+1. The van der Waals surface area contributed by atoms with E-state index in [1.54, 1.807) is 0 Å².